The third kappa shape index (κ3) is 1.28. The van der Waals surface area contributed by atoms with Gasteiger partial charge in [-0.05, 0) is 25.1 Å². The summed E-state index contributed by atoms with van der Waals surface area (Å²) in [6.45, 7) is 1.87. The lowest BCUT2D eigenvalue weighted by Crippen LogP contribution is -2.10. The first-order valence-corrected chi connectivity index (χ1v) is 3.97. The minimum atomic E-state index is -0.434. The lowest BCUT2D eigenvalue weighted by Gasteiger charge is -1.93. The SMILES string of the molecule is Cc1cc2ccc(C(N)=O)cc2o1. The van der Waals surface area contributed by atoms with Crippen LogP contribution >= 0.6 is 0 Å². The largest absolute Gasteiger partial charge is 0.461 e. The van der Waals surface area contributed by atoms with Gasteiger partial charge >= 0.3 is 0 Å². The number of hydrogen-bond acceptors (Lipinski definition) is 2. The van der Waals surface area contributed by atoms with Crippen LogP contribution in [0.2, 0.25) is 0 Å². The number of carbonyl (C=O) groups excluding carboxylic acids is 1. The summed E-state index contributed by atoms with van der Waals surface area (Å²) in [6, 6.07) is 7.09. The summed E-state index contributed by atoms with van der Waals surface area (Å²) in [5.74, 6) is 0.396. The zero-order valence-corrected chi connectivity index (χ0v) is 7.20. The molecule has 1 heterocycles. The second-order valence-corrected chi connectivity index (χ2v) is 2.97. The van der Waals surface area contributed by atoms with Crippen molar-refractivity contribution in [3.05, 3.63) is 35.6 Å². The van der Waals surface area contributed by atoms with E-state index in [1.165, 1.54) is 0 Å². The minimum absolute atomic E-state index is 0.434. The van der Waals surface area contributed by atoms with Crippen LogP contribution in [0.25, 0.3) is 11.0 Å². The summed E-state index contributed by atoms with van der Waals surface area (Å²) >= 11 is 0. The molecule has 0 fully saturated rings. The predicted octanol–water partition coefficient (Wildman–Crippen LogP) is 1.84. The number of aryl methyl sites for hydroxylation is 1. The smallest absolute Gasteiger partial charge is 0.248 e. The maximum absolute atomic E-state index is 10.8. The van der Waals surface area contributed by atoms with Crippen LogP contribution in [0.3, 0.4) is 0 Å². The molecule has 0 bridgehead atoms. The third-order valence-corrected chi connectivity index (χ3v) is 1.93. The molecule has 1 amide bonds. The van der Waals surface area contributed by atoms with E-state index in [1.54, 1.807) is 12.1 Å². The van der Waals surface area contributed by atoms with Crippen LogP contribution in [0.4, 0.5) is 0 Å². The second-order valence-electron chi connectivity index (χ2n) is 2.97. The number of carbonyl (C=O) groups is 1. The van der Waals surface area contributed by atoms with Crippen LogP contribution in [0, 0.1) is 6.92 Å². The van der Waals surface area contributed by atoms with Gasteiger partial charge in [0.2, 0.25) is 5.91 Å². The second kappa shape index (κ2) is 2.62. The summed E-state index contributed by atoms with van der Waals surface area (Å²) in [7, 11) is 0. The molecule has 2 N–H and O–H groups in total. The monoisotopic (exact) mass is 175 g/mol. The average molecular weight is 175 g/mol. The van der Waals surface area contributed by atoms with Crippen LogP contribution in [-0.2, 0) is 0 Å². The summed E-state index contributed by atoms with van der Waals surface area (Å²) in [5.41, 5.74) is 6.31. The Bertz CT molecular complexity index is 471. The van der Waals surface area contributed by atoms with E-state index in [0.29, 0.717) is 11.1 Å². The van der Waals surface area contributed by atoms with Crippen LogP contribution < -0.4 is 5.73 Å². The Kier molecular flexibility index (Phi) is 1.59. The molecule has 0 aliphatic carbocycles. The molecule has 0 radical (unpaired) electrons. The topological polar surface area (TPSA) is 56.2 Å². The van der Waals surface area contributed by atoms with Gasteiger partial charge in [0, 0.05) is 10.9 Å². The molecule has 3 heteroatoms. The van der Waals surface area contributed by atoms with Crippen LogP contribution in [0.5, 0.6) is 0 Å². The van der Waals surface area contributed by atoms with E-state index >= 15 is 0 Å². The van der Waals surface area contributed by atoms with Crippen molar-refractivity contribution in [1.82, 2.24) is 0 Å². The highest BCUT2D eigenvalue weighted by molar-refractivity contribution is 5.96. The molecule has 0 atom stereocenters. The highest BCUT2D eigenvalue weighted by Crippen LogP contribution is 2.19. The fourth-order valence-electron chi connectivity index (χ4n) is 1.32. The first-order valence-electron chi connectivity index (χ1n) is 3.97. The molecular weight excluding hydrogens is 166 g/mol. The van der Waals surface area contributed by atoms with E-state index in [4.69, 9.17) is 10.2 Å². The van der Waals surface area contributed by atoms with E-state index in [1.807, 2.05) is 19.1 Å². The first kappa shape index (κ1) is 7.86. The van der Waals surface area contributed by atoms with E-state index in [2.05, 4.69) is 0 Å². The normalized spacial score (nSPS) is 10.5. The van der Waals surface area contributed by atoms with Gasteiger partial charge in [0.1, 0.15) is 11.3 Å². The fraction of sp³-hybridized carbons (Fsp3) is 0.100. The van der Waals surface area contributed by atoms with Gasteiger partial charge in [-0.3, -0.25) is 4.79 Å². The molecule has 2 aromatic rings. The molecule has 13 heavy (non-hydrogen) atoms. The lowest BCUT2D eigenvalue weighted by atomic mass is 10.1. The van der Waals surface area contributed by atoms with Gasteiger partial charge in [-0.1, -0.05) is 6.07 Å². The zero-order chi connectivity index (χ0) is 9.42. The van der Waals surface area contributed by atoms with Crippen molar-refractivity contribution in [2.24, 2.45) is 5.73 Å². The van der Waals surface area contributed by atoms with E-state index in [-0.39, 0.29) is 0 Å². The number of furan rings is 1. The molecule has 0 spiro atoms. The average Bonchev–Trinajstić information content (AvgIpc) is 2.42. The van der Waals surface area contributed by atoms with Crippen molar-refractivity contribution >= 4 is 16.9 Å². The van der Waals surface area contributed by atoms with E-state index < -0.39 is 5.91 Å². The summed E-state index contributed by atoms with van der Waals surface area (Å²) < 4.78 is 5.35. The molecule has 3 nitrogen and oxygen atoms in total. The van der Waals surface area contributed by atoms with Gasteiger partial charge in [-0.25, -0.2) is 0 Å². The Labute approximate surface area is 75.1 Å². The Balaban J connectivity index is 2.67. The Morgan fingerprint density at radius 3 is 2.85 bits per heavy atom. The Morgan fingerprint density at radius 1 is 1.38 bits per heavy atom. The van der Waals surface area contributed by atoms with Crippen molar-refractivity contribution in [1.29, 1.82) is 0 Å². The molecule has 0 saturated heterocycles. The van der Waals surface area contributed by atoms with E-state index in [9.17, 15) is 4.79 Å². The molecule has 2 rings (SSSR count). The van der Waals surface area contributed by atoms with Gasteiger partial charge in [0.25, 0.3) is 0 Å². The highest BCUT2D eigenvalue weighted by atomic mass is 16.3. The predicted molar refractivity (Wildman–Crippen MR) is 49.5 cm³/mol. The van der Waals surface area contributed by atoms with Crippen LogP contribution in [-0.4, -0.2) is 5.91 Å². The third-order valence-electron chi connectivity index (χ3n) is 1.93. The summed E-state index contributed by atoms with van der Waals surface area (Å²) in [4.78, 5) is 10.8. The van der Waals surface area contributed by atoms with Crippen LogP contribution in [0.1, 0.15) is 16.1 Å². The van der Waals surface area contributed by atoms with Gasteiger partial charge in [0.05, 0.1) is 0 Å². The highest BCUT2D eigenvalue weighted by Gasteiger charge is 2.04. The van der Waals surface area contributed by atoms with Crippen molar-refractivity contribution < 1.29 is 9.21 Å². The number of rotatable bonds is 1. The van der Waals surface area contributed by atoms with E-state index in [0.717, 1.165) is 11.1 Å². The Morgan fingerprint density at radius 2 is 2.15 bits per heavy atom. The number of nitrogens with two attached hydrogens (primary N) is 1. The number of fused-ring (bicyclic) bond motifs is 1. The molecule has 0 aliphatic rings. The standard InChI is InChI=1S/C10H9NO2/c1-6-4-7-2-3-8(10(11)12)5-9(7)13-6/h2-5H,1H3,(H2,11,12). The molecular formula is C10H9NO2. The van der Waals surface area contributed by atoms with Gasteiger partial charge < -0.3 is 10.2 Å². The molecule has 66 valence electrons. The summed E-state index contributed by atoms with van der Waals surface area (Å²) in [6.07, 6.45) is 0. The molecule has 1 aromatic carbocycles. The quantitative estimate of drug-likeness (QED) is 0.718. The maximum atomic E-state index is 10.8. The molecule has 0 unspecified atom stereocenters. The number of amides is 1. The van der Waals surface area contributed by atoms with Crippen molar-refractivity contribution in [3.8, 4) is 0 Å². The Hall–Kier alpha value is -1.77. The van der Waals surface area contributed by atoms with Crippen molar-refractivity contribution in [2.45, 2.75) is 6.92 Å². The van der Waals surface area contributed by atoms with Gasteiger partial charge in [-0.15, -0.1) is 0 Å². The van der Waals surface area contributed by atoms with Crippen molar-refractivity contribution in [2.75, 3.05) is 0 Å². The maximum Gasteiger partial charge on any atom is 0.248 e. The molecule has 0 aliphatic heterocycles. The number of hydrogen-bond donors (Lipinski definition) is 1. The van der Waals surface area contributed by atoms with Crippen molar-refractivity contribution in [3.63, 3.8) is 0 Å². The number of benzene rings is 1. The van der Waals surface area contributed by atoms with Gasteiger partial charge in [0.15, 0.2) is 0 Å². The fourth-order valence-corrected chi connectivity index (χ4v) is 1.32. The zero-order valence-electron chi connectivity index (χ0n) is 7.20. The number of primary amides is 1. The minimum Gasteiger partial charge on any atom is -0.461 e. The van der Waals surface area contributed by atoms with Gasteiger partial charge in [-0.2, -0.15) is 0 Å². The van der Waals surface area contributed by atoms with Crippen LogP contribution in [0.15, 0.2) is 28.7 Å². The first-order chi connectivity index (χ1) is 6.16. The summed E-state index contributed by atoms with van der Waals surface area (Å²) in [5, 5.41) is 0.988. The lowest BCUT2D eigenvalue weighted by molar-refractivity contribution is 0.100. The molecule has 0 saturated carbocycles. The molecule has 1 aromatic heterocycles.